The molecule has 2 aliphatic heterocycles. The molecular formula is C12H13N3O3. The molecule has 0 atom stereocenters. The zero-order chi connectivity index (χ0) is 12.6. The SMILES string of the molecule is O=CN1CCC2(CC1)OC(=O)Nc1ncccc12. The molecule has 0 saturated carbocycles. The van der Waals surface area contributed by atoms with E-state index in [1.54, 1.807) is 11.1 Å². The van der Waals surface area contributed by atoms with Gasteiger partial charge in [-0.25, -0.2) is 9.78 Å². The summed E-state index contributed by atoms with van der Waals surface area (Å²) in [6.45, 7) is 1.18. The van der Waals surface area contributed by atoms with Gasteiger partial charge in [0.2, 0.25) is 6.41 Å². The fourth-order valence-electron chi connectivity index (χ4n) is 2.59. The minimum absolute atomic E-state index is 0.472. The molecule has 2 amide bonds. The number of hydrogen-bond donors (Lipinski definition) is 1. The van der Waals surface area contributed by atoms with E-state index in [4.69, 9.17) is 4.74 Å². The van der Waals surface area contributed by atoms with Gasteiger partial charge < -0.3 is 9.64 Å². The summed E-state index contributed by atoms with van der Waals surface area (Å²) in [4.78, 5) is 28.2. The maximum absolute atomic E-state index is 11.6. The molecule has 94 valence electrons. The molecule has 0 aromatic carbocycles. The molecule has 1 saturated heterocycles. The third-order valence-electron chi connectivity index (χ3n) is 3.56. The minimum atomic E-state index is -0.633. The van der Waals surface area contributed by atoms with Gasteiger partial charge in [-0.3, -0.25) is 10.1 Å². The number of aromatic nitrogens is 1. The van der Waals surface area contributed by atoms with E-state index >= 15 is 0 Å². The van der Waals surface area contributed by atoms with Gasteiger partial charge in [0.15, 0.2) is 0 Å². The zero-order valence-corrected chi connectivity index (χ0v) is 9.76. The van der Waals surface area contributed by atoms with Crippen LogP contribution in [0.25, 0.3) is 0 Å². The summed E-state index contributed by atoms with van der Waals surface area (Å²) in [5.41, 5.74) is 0.265. The number of nitrogens with one attached hydrogen (secondary N) is 1. The van der Waals surface area contributed by atoms with Crippen LogP contribution in [-0.4, -0.2) is 35.5 Å². The average Bonchev–Trinajstić information content (AvgIpc) is 2.39. The summed E-state index contributed by atoms with van der Waals surface area (Å²) in [5, 5.41) is 2.60. The molecule has 3 rings (SSSR count). The largest absolute Gasteiger partial charge is 0.437 e. The molecule has 1 fully saturated rings. The Bertz CT molecular complexity index is 495. The summed E-state index contributed by atoms with van der Waals surface area (Å²) < 4.78 is 5.50. The summed E-state index contributed by atoms with van der Waals surface area (Å²) in [6.07, 6.45) is 3.22. The fourth-order valence-corrected chi connectivity index (χ4v) is 2.59. The number of likely N-dealkylation sites (tertiary alicyclic amines) is 1. The van der Waals surface area contributed by atoms with Gasteiger partial charge in [0.25, 0.3) is 0 Å². The Labute approximate surface area is 104 Å². The maximum atomic E-state index is 11.6. The Balaban J connectivity index is 1.97. The molecule has 6 nitrogen and oxygen atoms in total. The van der Waals surface area contributed by atoms with Crippen LogP contribution in [0.1, 0.15) is 18.4 Å². The molecule has 0 bridgehead atoms. The van der Waals surface area contributed by atoms with Crippen molar-refractivity contribution in [2.45, 2.75) is 18.4 Å². The topological polar surface area (TPSA) is 71.5 Å². The lowest BCUT2D eigenvalue weighted by molar-refractivity contribution is -0.122. The fraction of sp³-hybridized carbons (Fsp3) is 0.417. The van der Waals surface area contributed by atoms with Gasteiger partial charge in [0.1, 0.15) is 11.4 Å². The molecule has 3 heterocycles. The van der Waals surface area contributed by atoms with E-state index in [1.807, 2.05) is 12.1 Å². The second-order valence-corrected chi connectivity index (χ2v) is 4.55. The number of nitrogens with zero attached hydrogens (tertiary/aromatic N) is 2. The number of piperidine rings is 1. The van der Waals surface area contributed by atoms with Gasteiger partial charge in [-0.05, 0) is 12.1 Å². The van der Waals surface area contributed by atoms with E-state index in [9.17, 15) is 9.59 Å². The van der Waals surface area contributed by atoms with Crippen molar-refractivity contribution in [3.8, 4) is 0 Å². The van der Waals surface area contributed by atoms with E-state index in [0.717, 1.165) is 12.0 Å². The molecule has 2 aliphatic rings. The van der Waals surface area contributed by atoms with Crippen LogP contribution in [0.3, 0.4) is 0 Å². The van der Waals surface area contributed by atoms with Crippen molar-refractivity contribution < 1.29 is 14.3 Å². The first-order chi connectivity index (χ1) is 8.73. The Kier molecular flexibility index (Phi) is 2.43. The molecule has 18 heavy (non-hydrogen) atoms. The third-order valence-corrected chi connectivity index (χ3v) is 3.56. The summed E-state index contributed by atoms with van der Waals surface area (Å²) in [5.74, 6) is 0.563. The number of carbonyl (C=O) groups is 2. The first kappa shape index (κ1) is 11.0. The molecule has 1 spiro atoms. The van der Waals surface area contributed by atoms with Crippen LogP contribution in [-0.2, 0) is 15.1 Å². The molecule has 1 N–H and O–H groups in total. The first-order valence-electron chi connectivity index (χ1n) is 5.88. The standard InChI is InChI=1S/C12H13N3O3/c16-8-15-6-3-12(4-7-15)9-2-1-5-13-10(9)14-11(17)18-12/h1-2,5,8H,3-4,6-7H2,(H,13,14,17). The van der Waals surface area contributed by atoms with Crippen molar-refractivity contribution >= 4 is 18.3 Å². The number of carbonyl (C=O) groups excluding carboxylic acids is 2. The van der Waals surface area contributed by atoms with Gasteiger partial charge in [-0.1, -0.05) is 0 Å². The Morgan fingerprint density at radius 1 is 1.44 bits per heavy atom. The molecular weight excluding hydrogens is 234 g/mol. The monoisotopic (exact) mass is 247 g/mol. The summed E-state index contributed by atoms with van der Waals surface area (Å²) in [6, 6.07) is 3.74. The van der Waals surface area contributed by atoms with Crippen LogP contribution in [0, 0.1) is 0 Å². The molecule has 0 radical (unpaired) electrons. The van der Waals surface area contributed by atoms with E-state index in [2.05, 4.69) is 10.3 Å². The number of fused-ring (bicyclic) bond motifs is 2. The summed E-state index contributed by atoms with van der Waals surface area (Å²) >= 11 is 0. The second kappa shape index (κ2) is 3.97. The Morgan fingerprint density at radius 3 is 2.94 bits per heavy atom. The zero-order valence-electron chi connectivity index (χ0n) is 9.76. The van der Waals surface area contributed by atoms with Gasteiger partial charge in [-0.15, -0.1) is 0 Å². The quantitative estimate of drug-likeness (QED) is 0.754. The minimum Gasteiger partial charge on any atom is -0.437 e. The van der Waals surface area contributed by atoms with Crippen LogP contribution in [0.5, 0.6) is 0 Å². The lowest BCUT2D eigenvalue weighted by Gasteiger charge is -2.42. The molecule has 1 aromatic heterocycles. The number of anilines is 1. The number of amides is 2. The molecule has 0 aliphatic carbocycles. The normalized spacial score (nSPS) is 20.9. The van der Waals surface area contributed by atoms with Crippen LogP contribution < -0.4 is 5.32 Å². The van der Waals surface area contributed by atoms with Crippen molar-refractivity contribution in [3.63, 3.8) is 0 Å². The van der Waals surface area contributed by atoms with E-state index in [-0.39, 0.29) is 0 Å². The third kappa shape index (κ3) is 1.61. The number of ether oxygens (including phenoxy) is 1. The van der Waals surface area contributed by atoms with E-state index < -0.39 is 11.7 Å². The highest BCUT2D eigenvalue weighted by Crippen LogP contribution is 2.42. The van der Waals surface area contributed by atoms with Crippen molar-refractivity contribution in [2.24, 2.45) is 0 Å². The maximum Gasteiger partial charge on any atom is 0.413 e. The highest BCUT2D eigenvalue weighted by Gasteiger charge is 2.44. The number of hydrogen-bond acceptors (Lipinski definition) is 4. The number of rotatable bonds is 1. The molecule has 1 aromatic rings. The summed E-state index contributed by atoms with van der Waals surface area (Å²) in [7, 11) is 0. The van der Waals surface area contributed by atoms with Crippen LogP contribution in [0.2, 0.25) is 0 Å². The first-order valence-corrected chi connectivity index (χ1v) is 5.88. The van der Waals surface area contributed by atoms with Crippen molar-refractivity contribution in [2.75, 3.05) is 18.4 Å². The van der Waals surface area contributed by atoms with Gasteiger partial charge in [0.05, 0.1) is 0 Å². The molecule has 6 heteroatoms. The van der Waals surface area contributed by atoms with Crippen molar-refractivity contribution in [1.82, 2.24) is 9.88 Å². The second-order valence-electron chi connectivity index (χ2n) is 4.55. The van der Waals surface area contributed by atoms with Crippen molar-refractivity contribution in [1.29, 1.82) is 0 Å². The predicted octanol–water partition coefficient (Wildman–Crippen LogP) is 1.09. The smallest absolute Gasteiger partial charge is 0.413 e. The Hall–Kier alpha value is -2.11. The lowest BCUT2D eigenvalue weighted by atomic mass is 9.83. The number of pyridine rings is 1. The van der Waals surface area contributed by atoms with E-state index in [1.165, 1.54) is 0 Å². The average molecular weight is 247 g/mol. The Morgan fingerprint density at radius 2 is 2.22 bits per heavy atom. The van der Waals surface area contributed by atoms with Gasteiger partial charge in [0, 0.05) is 37.7 Å². The predicted molar refractivity (Wildman–Crippen MR) is 62.9 cm³/mol. The highest BCUT2D eigenvalue weighted by atomic mass is 16.6. The van der Waals surface area contributed by atoms with Crippen LogP contribution >= 0.6 is 0 Å². The van der Waals surface area contributed by atoms with Gasteiger partial charge >= 0.3 is 6.09 Å². The van der Waals surface area contributed by atoms with E-state index in [0.29, 0.717) is 31.7 Å². The van der Waals surface area contributed by atoms with Gasteiger partial charge in [-0.2, -0.15) is 0 Å². The highest BCUT2D eigenvalue weighted by molar-refractivity contribution is 5.87. The van der Waals surface area contributed by atoms with Crippen LogP contribution in [0.15, 0.2) is 18.3 Å². The van der Waals surface area contributed by atoms with Crippen molar-refractivity contribution in [3.05, 3.63) is 23.9 Å². The lowest BCUT2D eigenvalue weighted by Crippen LogP contribution is -2.48. The molecule has 0 unspecified atom stereocenters. The van der Waals surface area contributed by atoms with Crippen LogP contribution in [0.4, 0.5) is 10.6 Å².